The fourth-order valence-corrected chi connectivity index (χ4v) is 1.06. The van der Waals surface area contributed by atoms with E-state index in [1.165, 1.54) is 0 Å². The van der Waals surface area contributed by atoms with Crippen LogP contribution in [0.3, 0.4) is 0 Å². The summed E-state index contributed by atoms with van der Waals surface area (Å²) in [4.78, 5) is 14.1. The van der Waals surface area contributed by atoms with Gasteiger partial charge in [-0.25, -0.2) is 0 Å². The van der Waals surface area contributed by atoms with Crippen LogP contribution in [-0.4, -0.2) is 27.3 Å². The number of hydrogen-bond acceptors (Lipinski definition) is 3. The highest BCUT2D eigenvalue weighted by atomic mass is 16.4. The summed E-state index contributed by atoms with van der Waals surface area (Å²) >= 11 is 0. The molecule has 0 spiro atoms. The molecule has 4 nitrogen and oxygen atoms in total. The minimum absolute atomic E-state index is 0.227. The van der Waals surface area contributed by atoms with Crippen molar-refractivity contribution in [3.05, 3.63) is 30.1 Å². The smallest absolute Gasteiger partial charge is 0.305 e. The molecular formula is C9H11NO3. The van der Waals surface area contributed by atoms with Gasteiger partial charge < -0.3 is 10.2 Å². The van der Waals surface area contributed by atoms with Crippen molar-refractivity contribution in [2.45, 2.75) is 18.9 Å². The summed E-state index contributed by atoms with van der Waals surface area (Å²) in [7, 11) is 0. The Labute approximate surface area is 75.9 Å². The lowest BCUT2D eigenvalue weighted by atomic mass is 10.1. The van der Waals surface area contributed by atoms with Gasteiger partial charge in [0.25, 0.3) is 0 Å². The Kier molecular flexibility index (Phi) is 3.40. The van der Waals surface area contributed by atoms with E-state index in [1.54, 1.807) is 24.5 Å². The van der Waals surface area contributed by atoms with E-state index < -0.39 is 12.1 Å². The molecular weight excluding hydrogens is 170 g/mol. The van der Waals surface area contributed by atoms with Gasteiger partial charge in [-0.05, 0) is 11.6 Å². The van der Waals surface area contributed by atoms with E-state index in [9.17, 15) is 9.90 Å². The zero-order valence-electron chi connectivity index (χ0n) is 7.05. The van der Waals surface area contributed by atoms with Crippen molar-refractivity contribution in [3.8, 4) is 0 Å². The van der Waals surface area contributed by atoms with E-state index >= 15 is 0 Å². The van der Waals surface area contributed by atoms with Crippen LogP contribution < -0.4 is 0 Å². The quantitative estimate of drug-likeness (QED) is 0.707. The molecule has 0 bridgehead atoms. The molecule has 0 unspecified atom stereocenters. The number of carboxylic acid groups (broad SMARTS) is 1. The Balaban J connectivity index is 2.45. The largest absolute Gasteiger partial charge is 0.481 e. The molecule has 13 heavy (non-hydrogen) atoms. The number of nitrogens with zero attached hydrogens (tertiary/aromatic N) is 1. The van der Waals surface area contributed by atoms with Crippen molar-refractivity contribution < 1.29 is 15.0 Å². The average Bonchev–Trinajstić information content (AvgIpc) is 2.04. The summed E-state index contributed by atoms with van der Waals surface area (Å²) < 4.78 is 0. The molecule has 0 radical (unpaired) electrons. The minimum Gasteiger partial charge on any atom is -0.481 e. The maximum Gasteiger partial charge on any atom is 0.305 e. The number of aliphatic hydroxyl groups is 1. The van der Waals surface area contributed by atoms with E-state index in [2.05, 4.69) is 4.98 Å². The van der Waals surface area contributed by atoms with Gasteiger partial charge in [-0.1, -0.05) is 6.07 Å². The molecule has 0 saturated heterocycles. The maximum atomic E-state index is 10.2. The monoisotopic (exact) mass is 181 g/mol. The third-order valence-electron chi connectivity index (χ3n) is 1.60. The van der Waals surface area contributed by atoms with Crippen LogP contribution in [0.1, 0.15) is 12.0 Å². The first-order chi connectivity index (χ1) is 6.18. The van der Waals surface area contributed by atoms with Crippen molar-refractivity contribution in [2.75, 3.05) is 0 Å². The average molecular weight is 181 g/mol. The zero-order chi connectivity index (χ0) is 9.68. The summed E-state index contributed by atoms with van der Waals surface area (Å²) in [6.45, 7) is 0. The molecule has 1 rings (SSSR count). The number of carbonyl (C=O) groups is 1. The molecule has 0 saturated carbocycles. The van der Waals surface area contributed by atoms with Gasteiger partial charge in [0.15, 0.2) is 0 Å². The van der Waals surface area contributed by atoms with Crippen LogP contribution in [0.25, 0.3) is 0 Å². The van der Waals surface area contributed by atoms with Gasteiger partial charge in [0.2, 0.25) is 0 Å². The van der Waals surface area contributed by atoms with E-state index in [1.807, 2.05) is 0 Å². The van der Waals surface area contributed by atoms with Crippen molar-refractivity contribution in [3.63, 3.8) is 0 Å². The van der Waals surface area contributed by atoms with Gasteiger partial charge in [-0.2, -0.15) is 0 Å². The second kappa shape index (κ2) is 4.57. The standard InChI is InChI=1S/C9H11NO3/c11-8(5-9(12)13)4-7-2-1-3-10-6-7/h1-3,6,8,11H,4-5H2,(H,12,13)/t8-/m0/s1. The summed E-state index contributed by atoms with van der Waals surface area (Å²) in [6.07, 6.45) is 2.52. The van der Waals surface area contributed by atoms with Gasteiger partial charge >= 0.3 is 5.97 Å². The van der Waals surface area contributed by atoms with Gasteiger partial charge in [-0.15, -0.1) is 0 Å². The minimum atomic E-state index is -0.989. The molecule has 0 fully saturated rings. The normalized spacial score (nSPS) is 12.4. The van der Waals surface area contributed by atoms with Crippen LogP contribution in [0.4, 0.5) is 0 Å². The van der Waals surface area contributed by atoms with Crippen LogP contribution >= 0.6 is 0 Å². The number of aromatic nitrogens is 1. The molecule has 1 aromatic rings. The van der Waals surface area contributed by atoms with Gasteiger partial charge in [0.1, 0.15) is 0 Å². The SMILES string of the molecule is O=C(O)C[C@@H](O)Cc1cccnc1. The summed E-state index contributed by atoms with van der Waals surface area (Å²) in [5.41, 5.74) is 0.844. The van der Waals surface area contributed by atoms with Crippen molar-refractivity contribution in [1.82, 2.24) is 4.98 Å². The van der Waals surface area contributed by atoms with Crippen LogP contribution in [0.5, 0.6) is 0 Å². The Bertz CT molecular complexity index is 273. The van der Waals surface area contributed by atoms with Crippen LogP contribution in [-0.2, 0) is 11.2 Å². The third kappa shape index (κ3) is 3.66. The number of carboxylic acids is 1. The van der Waals surface area contributed by atoms with Gasteiger partial charge in [0.05, 0.1) is 12.5 Å². The highest BCUT2D eigenvalue weighted by Crippen LogP contribution is 2.03. The number of aliphatic carboxylic acids is 1. The molecule has 1 heterocycles. The van der Waals surface area contributed by atoms with Crippen molar-refractivity contribution in [1.29, 1.82) is 0 Å². The molecule has 1 atom stereocenters. The number of aliphatic hydroxyl groups excluding tert-OH is 1. The second-order valence-electron chi connectivity index (χ2n) is 2.82. The topological polar surface area (TPSA) is 70.4 Å². The number of rotatable bonds is 4. The summed E-state index contributed by atoms with van der Waals surface area (Å²) in [6, 6.07) is 3.56. The second-order valence-corrected chi connectivity index (χ2v) is 2.82. The highest BCUT2D eigenvalue weighted by molar-refractivity contribution is 5.67. The highest BCUT2D eigenvalue weighted by Gasteiger charge is 2.09. The van der Waals surface area contributed by atoms with E-state index in [0.29, 0.717) is 6.42 Å². The van der Waals surface area contributed by atoms with E-state index in [0.717, 1.165) is 5.56 Å². The third-order valence-corrected chi connectivity index (χ3v) is 1.60. The first kappa shape index (κ1) is 9.67. The predicted octanol–water partition coefficient (Wildman–Crippen LogP) is 0.460. The van der Waals surface area contributed by atoms with E-state index in [4.69, 9.17) is 5.11 Å². The lowest BCUT2D eigenvalue weighted by Crippen LogP contribution is -2.15. The van der Waals surface area contributed by atoms with Crippen LogP contribution in [0.2, 0.25) is 0 Å². The summed E-state index contributed by atoms with van der Waals surface area (Å²) in [5.74, 6) is -0.989. The predicted molar refractivity (Wildman–Crippen MR) is 46.2 cm³/mol. The number of hydrogen-bond donors (Lipinski definition) is 2. The molecule has 70 valence electrons. The Morgan fingerprint density at radius 3 is 2.92 bits per heavy atom. The van der Waals surface area contributed by atoms with Gasteiger partial charge in [0, 0.05) is 18.8 Å². The molecule has 0 aliphatic carbocycles. The van der Waals surface area contributed by atoms with Crippen LogP contribution in [0, 0.1) is 0 Å². The van der Waals surface area contributed by atoms with Crippen molar-refractivity contribution in [2.24, 2.45) is 0 Å². The molecule has 1 aromatic heterocycles. The first-order valence-electron chi connectivity index (χ1n) is 3.97. The maximum absolute atomic E-state index is 10.2. The van der Waals surface area contributed by atoms with Crippen LogP contribution in [0.15, 0.2) is 24.5 Å². The Morgan fingerprint density at radius 2 is 2.38 bits per heavy atom. The number of pyridine rings is 1. The molecule has 0 aromatic carbocycles. The molecule has 0 aliphatic heterocycles. The zero-order valence-corrected chi connectivity index (χ0v) is 7.05. The lowest BCUT2D eigenvalue weighted by Gasteiger charge is -2.06. The Morgan fingerprint density at radius 1 is 1.62 bits per heavy atom. The molecule has 0 aliphatic rings. The molecule has 4 heteroatoms. The van der Waals surface area contributed by atoms with E-state index in [-0.39, 0.29) is 6.42 Å². The molecule has 2 N–H and O–H groups in total. The lowest BCUT2D eigenvalue weighted by molar-refractivity contribution is -0.139. The molecule has 0 amide bonds. The van der Waals surface area contributed by atoms with Crippen molar-refractivity contribution >= 4 is 5.97 Å². The fraction of sp³-hybridized carbons (Fsp3) is 0.333. The van der Waals surface area contributed by atoms with Gasteiger partial charge in [-0.3, -0.25) is 9.78 Å². The first-order valence-corrected chi connectivity index (χ1v) is 3.97. The summed E-state index contributed by atoms with van der Waals surface area (Å²) in [5, 5.41) is 17.7. The fourth-order valence-electron chi connectivity index (χ4n) is 1.06. The Hall–Kier alpha value is -1.42.